The second-order valence-electron chi connectivity index (χ2n) is 2.29. The number of ketones is 1. The van der Waals surface area contributed by atoms with E-state index in [1.54, 1.807) is 18.7 Å². The molecule has 0 fully saturated rings. The number of carbonyl (C=O) groups excluding carboxylic acids is 1. The topological polar surface area (TPSA) is 17.1 Å². The molecule has 0 aliphatic carbocycles. The van der Waals surface area contributed by atoms with Crippen molar-refractivity contribution in [2.24, 2.45) is 5.92 Å². The van der Waals surface area contributed by atoms with Gasteiger partial charge >= 0.3 is 0 Å². The summed E-state index contributed by atoms with van der Waals surface area (Å²) in [6.07, 6.45) is 1.87. The molecule has 1 atom stereocenters. The minimum absolute atomic E-state index is 0.237. The fraction of sp³-hybridized carbons (Fsp3) is 0.625. The highest BCUT2D eigenvalue weighted by Gasteiger charge is 2.11. The van der Waals surface area contributed by atoms with Crippen molar-refractivity contribution in [3.8, 4) is 0 Å². The van der Waals surface area contributed by atoms with Crippen LogP contribution in [0.1, 0.15) is 6.92 Å². The van der Waals surface area contributed by atoms with Gasteiger partial charge in [0.2, 0.25) is 0 Å². The smallest absolute Gasteiger partial charge is 0.134 e. The van der Waals surface area contributed by atoms with Crippen LogP contribution in [-0.2, 0) is 4.79 Å². The summed E-state index contributed by atoms with van der Waals surface area (Å²) in [7, 11) is 0. The van der Waals surface area contributed by atoms with Crippen LogP contribution in [0.5, 0.6) is 0 Å². The molecule has 0 aliphatic heterocycles. The number of hydrogen-bond donors (Lipinski definition) is 0. The van der Waals surface area contributed by atoms with Crippen molar-refractivity contribution in [2.75, 3.05) is 15.9 Å². The van der Waals surface area contributed by atoms with Crippen molar-refractivity contribution < 1.29 is 4.79 Å². The Morgan fingerprint density at radius 1 is 1.82 bits per heavy atom. The van der Waals surface area contributed by atoms with Gasteiger partial charge in [0.05, 0.1) is 0 Å². The maximum atomic E-state index is 10.9. The van der Waals surface area contributed by atoms with Crippen molar-refractivity contribution in [2.45, 2.75) is 6.92 Å². The van der Waals surface area contributed by atoms with Crippen LogP contribution >= 0.6 is 34.4 Å². The molecule has 0 saturated carbocycles. The predicted octanol–water partition coefficient (Wildman–Crippen LogP) is 2.55. The van der Waals surface area contributed by atoms with Gasteiger partial charge < -0.3 is 0 Å². The molecule has 0 spiro atoms. The summed E-state index contributed by atoms with van der Waals surface area (Å²) < 4.78 is 0.928. The van der Waals surface area contributed by atoms with E-state index in [0.717, 1.165) is 15.9 Å². The third kappa shape index (κ3) is 5.73. The lowest BCUT2D eigenvalue weighted by molar-refractivity contribution is -0.119. The standard InChI is InChI=1S/C8H13IOS/c1-3-4-11-6-8(5-9)7(2)10/h3,8H,1,4-6H2,2H3. The molecular weight excluding hydrogens is 271 g/mol. The Kier molecular flexibility index (Phi) is 7.47. The second kappa shape index (κ2) is 7.16. The van der Waals surface area contributed by atoms with Gasteiger partial charge in [-0.25, -0.2) is 0 Å². The molecule has 1 nitrogen and oxygen atoms in total. The SMILES string of the molecule is C=CCSCC(CI)C(C)=O. The highest BCUT2D eigenvalue weighted by Crippen LogP contribution is 2.12. The Hall–Kier alpha value is 0.490. The summed E-state index contributed by atoms with van der Waals surface area (Å²) in [6.45, 7) is 5.29. The van der Waals surface area contributed by atoms with Crippen molar-refractivity contribution in [3.05, 3.63) is 12.7 Å². The van der Waals surface area contributed by atoms with E-state index in [-0.39, 0.29) is 5.92 Å². The Bertz CT molecular complexity index is 136. The van der Waals surface area contributed by atoms with Crippen LogP contribution in [0.25, 0.3) is 0 Å². The minimum atomic E-state index is 0.237. The van der Waals surface area contributed by atoms with Gasteiger partial charge in [-0.2, -0.15) is 11.8 Å². The monoisotopic (exact) mass is 284 g/mol. The van der Waals surface area contributed by atoms with Gasteiger partial charge in [0, 0.05) is 21.9 Å². The molecule has 0 heterocycles. The average molecular weight is 284 g/mol. The molecule has 0 radical (unpaired) electrons. The van der Waals surface area contributed by atoms with Gasteiger partial charge in [-0.15, -0.1) is 6.58 Å². The van der Waals surface area contributed by atoms with Crippen LogP contribution < -0.4 is 0 Å². The van der Waals surface area contributed by atoms with Crippen LogP contribution in [0.15, 0.2) is 12.7 Å². The first-order valence-corrected chi connectivity index (χ1v) is 6.15. The van der Waals surface area contributed by atoms with Gasteiger partial charge in [0.25, 0.3) is 0 Å². The van der Waals surface area contributed by atoms with Crippen molar-refractivity contribution >= 4 is 40.1 Å². The number of carbonyl (C=O) groups is 1. The van der Waals surface area contributed by atoms with Crippen LogP contribution in [0, 0.1) is 5.92 Å². The largest absolute Gasteiger partial charge is 0.300 e. The molecule has 64 valence electrons. The molecular formula is C8H13IOS. The Labute approximate surface area is 86.2 Å². The van der Waals surface area contributed by atoms with Gasteiger partial charge in [0.1, 0.15) is 5.78 Å². The van der Waals surface area contributed by atoms with Crippen LogP contribution in [0.4, 0.5) is 0 Å². The molecule has 0 aromatic heterocycles. The van der Waals surface area contributed by atoms with E-state index in [0.29, 0.717) is 5.78 Å². The number of rotatable bonds is 6. The molecule has 3 heteroatoms. The molecule has 1 unspecified atom stereocenters. The number of hydrogen-bond acceptors (Lipinski definition) is 2. The molecule has 0 amide bonds. The molecule has 0 N–H and O–H groups in total. The average Bonchev–Trinajstić information content (AvgIpc) is 1.97. The van der Waals surface area contributed by atoms with Crippen LogP contribution in [-0.4, -0.2) is 21.7 Å². The van der Waals surface area contributed by atoms with E-state index >= 15 is 0 Å². The summed E-state index contributed by atoms with van der Waals surface area (Å²) in [5, 5.41) is 0. The van der Waals surface area contributed by atoms with Gasteiger partial charge in [-0.05, 0) is 6.92 Å². The Morgan fingerprint density at radius 3 is 2.82 bits per heavy atom. The van der Waals surface area contributed by atoms with Gasteiger partial charge in [-0.1, -0.05) is 28.7 Å². The van der Waals surface area contributed by atoms with E-state index in [1.165, 1.54) is 0 Å². The lowest BCUT2D eigenvalue weighted by Crippen LogP contribution is -2.15. The number of Topliss-reactive ketones (excluding diaryl/α,β-unsaturated/α-hetero) is 1. The summed E-state index contributed by atoms with van der Waals surface area (Å²) >= 11 is 4.03. The number of halogens is 1. The zero-order valence-electron chi connectivity index (χ0n) is 6.68. The van der Waals surface area contributed by atoms with E-state index in [9.17, 15) is 4.79 Å². The molecule has 0 saturated heterocycles. The summed E-state index contributed by atoms with van der Waals surface area (Å²) in [5.41, 5.74) is 0. The summed E-state index contributed by atoms with van der Waals surface area (Å²) in [5.74, 6) is 2.42. The first kappa shape index (κ1) is 11.5. The zero-order valence-corrected chi connectivity index (χ0v) is 9.65. The third-order valence-electron chi connectivity index (χ3n) is 1.32. The van der Waals surface area contributed by atoms with Crippen molar-refractivity contribution in [1.29, 1.82) is 0 Å². The number of alkyl halides is 1. The predicted molar refractivity (Wildman–Crippen MR) is 60.6 cm³/mol. The first-order valence-electron chi connectivity index (χ1n) is 3.47. The second-order valence-corrected chi connectivity index (χ2v) is 4.24. The van der Waals surface area contributed by atoms with E-state index < -0.39 is 0 Å². The summed E-state index contributed by atoms with van der Waals surface area (Å²) in [4.78, 5) is 10.9. The fourth-order valence-electron chi connectivity index (χ4n) is 0.564. The van der Waals surface area contributed by atoms with Crippen molar-refractivity contribution in [3.63, 3.8) is 0 Å². The zero-order chi connectivity index (χ0) is 8.69. The third-order valence-corrected chi connectivity index (χ3v) is 3.49. The molecule has 0 aromatic rings. The highest BCUT2D eigenvalue weighted by molar-refractivity contribution is 14.1. The summed E-state index contributed by atoms with van der Waals surface area (Å²) in [6, 6.07) is 0. The Balaban J connectivity index is 3.52. The number of thioether (sulfide) groups is 1. The molecule has 11 heavy (non-hydrogen) atoms. The maximum absolute atomic E-state index is 10.9. The van der Waals surface area contributed by atoms with Crippen molar-refractivity contribution in [1.82, 2.24) is 0 Å². The maximum Gasteiger partial charge on any atom is 0.134 e. The highest BCUT2D eigenvalue weighted by atomic mass is 127. The minimum Gasteiger partial charge on any atom is -0.300 e. The van der Waals surface area contributed by atoms with Gasteiger partial charge in [-0.3, -0.25) is 4.79 Å². The molecule has 0 aliphatic rings. The Morgan fingerprint density at radius 2 is 2.45 bits per heavy atom. The van der Waals surface area contributed by atoms with Crippen LogP contribution in [0.3, 0.4) is 0 Å². The normalized spacial score (nSPS) is 12.5. The van der Waals surface area contributed by atoms with E-state index in [2.05, 4.69) is 29.2 Å². The first-order chi connectivity index (χ1) is 5.22. The quantitative estimate of drug-likeness (QED) is 0.323. The van der Waals surface area contributed by atoms with E-state index in [4.69, 9.17) is 0 Å². The molecule has 0 bridgehead atoms. The lowest BCUT2D eigenvalue weighted by atomic mass is 10.1. The fourth-order valence-corrected chi connectivity index (χ4v) is 2.86. The lowest BCUT2D eigenvalue weighted by Gasteiger charge is -2.07. The van der Waals surface area contributed by atoms with Gasteiger partial charge in [0.15, 0.2) is 0 Å². The van der Waals surface area contributed by atoms with Crippen LogP contribution in [0.2, 0.25) is 0 Å². The molecule has 0 aromatic carbocycles. The van der Waals surface area contributed by atoms with E-state index in [1.807, 2.05) is 6.08 Å². The molecule has 0 rings (SSSR count).